The van der Waals surface area contributed by atoms with Gasteiger partial charge in [-0.3, -0.25) is 14.6 Å². The molecule has 2 fully saturated rings. The molecule has 2 aromatic rings. The molecule has 2 saturated heterocycles. The summed E-state index contributed by atoms with van der Waals surface area (Å²) in [6.45, 7) is 9.48. The molecule has 0 aliphatic carbocycles. The highest BCUT2D eigenvalue weighted by Gasteiger charge is 2.27. The van der Waals surface area contributed by atoms with E-state index in [2.05, 4.69) is 44.7 Å². The third kappa shape index (κ3) is 6.41. The molecule has 0 saturated carbocycles. The normalized spacial score (nSPS) is 21.5. The maximum absolute atomic E-state index is 6.02. The van der Waals surface area contributed by atoms with Gasteiger partial charge in [0, 0.05) is 49.9 Å². The molecule has 2 aliphatic heterocycles. The molecule has 31 heavy (non-hydrogen) atoms. The summed E-state index contributed by atoms with van der Waals surface area (Å²) in [6.07, 6.45) is 3.94. The summed E-state index contributed by atoms with van der Waals surface area (Å²) < 4.78 is 13.4. The first-order chi connectivity index (χ1) is 14.7. The molecule has 1 N–H and O–H groups in total. The largest absolute Gasteiger partial charge is 0.379 e. The van der Waals surface area contributed by atoms with Crippen molar-refractivity contribution in [2.75, 3.05) is 59.1 Å². The molecule has 2 aliphatic rings. The van der Waals surface area contributed by atoms with Crippen molar-refractivity contribution in [2.45, 2.75) is 19.1 Å². The van der Waals surface area contributed by atoms with Gasteiger partial charge in [0.15, 0.2) is 5.96 Å². The molecule has 2 unspecified atom stereocenters. The molecule has 2 aromatic heterocycles. The van der Waals surface area contributed by atoms with Gasteiger partial charge < -0.3 is 19.7 Å². The van der Waals surface area contributed by atoms with Gasteiger partial charge in [-0.05, 0) is 18.4 Å². The third-order valence-electron chi connectivity index (χ3n) is 5.57. The average Bonchev–Trinajstić information content (AvgIpc) is 3.46. The lowest BCUT2D eigenvalue weighted by molar-refractivity contribution is -0.00822. The monoisotopic (exact) mass is 560 g/mol. The zero-order valence-electron chi connectivity index (χ0n) is 18.3. The van der Waals surface area contributed by atoms with E-state index in [1.54, 1.807) is 0 Å². The second kappa shape index (κ2) is 12.1. The number of guanidine groups is 1. The van der Waals surface area contributed by atoms with Gasteiger partial charge in [0.05, 0.1) is 45.1 Å². The van der Waals surface area contributed by atoms with Crippen LogP contribution in [0.5, 0.6) is 0 Å². The summed E-state index contributed by atoms with van der Waals surface area (Å²) in [7, 11) is 1.94. The van der Waals surface area contributed by atoms with Crippen LogP contribution in [0.15, 0.2) is 34.9 Å². The van der Waals surface area contributed by atoms with Gasteiger partial charge in [0.2, 0.25) is 0 Å². The van der Waals surface area contributed by atoms with Crippen LogP contribution in [0.25, 0.3) is 0 Å². The number of halogens is 1. The maximum Gasteiger partial charge on any atom is 0.194 e. The number of ether oxygens (including phenoxy) is 2. The molecule has 0 bridgehead atoms. The van der Waals surface area contributed by atoms with Crippen molar-refractivity contribution in [3.63, 3.8) is 0 Å². The smallest absolute Gasteiger partial charge is 0.194 e. The van der Waals surface area contributed by atoms with Crippen molar-refractivity contribution in [3.05, 3.63) is 40.3 Å². The summed E-state index contributed by atoms with van der Waals surface area (Å²) in [4.78, 5) is 11.3. The number of aromatic nitrogens is 2. The molecule has 0 aromatic carbocycles. The van der Waals surface area contributed by atoms with Crippen LogP contribution >= 0.6 is 35.3 Å². The van der Waals surface area contributed by atoms with Crippen molar-refractivity contribution >= 4 is 41.3 Å². The van der Waals surface area contributed by atoms with Crippen molar-refractivity contribution in [2.24, 2.45) is 12.0 Å². The molecule has 0 spiro atoms. The zero-order chi connectivity index (χ0) is 20.8. The van der Waals surface area contributed by atoms with Crippen LogP contribution in [0.3, 0.4) is 0 Å². The first kappa shape index (κ1) is 24.4. The van der Waals surface area contributed by atoms with Crippen LogP contribution in [0.2, 0.25) is 0 Å². The van der Waals surface area contributed by atoms with Gasteiger partial charge in [-0.1, -0.05) is 6.07 Å². The Morgan fingerprint density at radius 2 is 2.16 bits per heavy atom. The van der Waals surface area contributed by atoms with Crippen LogP contribution < -0.4 is 5.32 Å². The number of aryl methyl sites for hydroxylation is 1. The molecule has 8 nitrogen and oxygen atoms in total. The summed E-state index contributed by atoms with van der Waals surface area (Å²) >= 11 is 1.81. The van der Waals surface area contributed by atoms with E-state index in [0.29, 0.717) is 6.61 Å². The second-order valence-electron chi connectivity index (χ2n) is 7.63. The number of aliphatic imine (C=N–C) groups is 1. The van der Waals surface area contributed by atoms with Crippen LogP contribution in [0.1, 0.15) is 29.5 Å². The minimum Gasteiger partial charge on any atom is -0.379 e. The quantitative estimate of drug-likeness (QED) is 0.333. The number of morpholine rings is 2. The fourth-order valence-corrected chi connectivity index (χ4v) is 4.86. The summed E-state index contributed by atoms with van der Waals surface area (Å²) in [5, 5.41) is 9.94. The Hall–Kier alpha value is -1.21. The van der Waals surface area contributed by atoms with E-state index in [1.165, 1.54) is 4.88 Å². The fraction of sp³-hybridized carbons (Fsp3) is 0.619. The lowest BCUT2D eigenvalue weighted by Gasteiger charge is -2.36. The summed E-state index contributed by atoms with van der Waals surface area (Å²) in [5.41, 5.74) is 1.11. The van der Waals surface area contributed by atoms with Crippen molar-refractivity contribution < 1.29 is 9.47 Å². The van der Waals surface area contributed by atoms with E-state index in [1.807, 2.05) is 35.5 Å². The van der Waals surface area contributed by atoms with Gasteiger partial charge in [0.25, 0.3) is 0 Å². The second-order valence-corrected chi connectivity index (χ2v) is 8.61. The summed E-state index contributed by atoms with van der Waals surface area (Å²) in [5.74, 6) is 0.963. The van der Waals surface area contributed by atoms with Gasteiger partial charge >= 0.3 is 0 Å². The van der Waals surface area contributed by atoms with Crippen molar-refractivity contribution in [1.29, 1.82) is 0 Å². The van der Waals surface area contributed by atoms with Gasteiger partial charge in [-0.2, -0.15) is 5.10 Å². The first-order valence-corrected chi connectivity index (χ1v) is 11.6. The zero-order valence-corrected chi connectivity index (χ0v) is 21.4. The maximum atomic E-state index is 6.02. The molecule has 4 rings (SSSR count). The molecule has 0 amide bonds. The van der Waals surface area contributed by atoms with E-state index in [0.717, 1.165) is 64.0 Å². The highest BCUT2D eigenvalue weighted by molar-refractivity contribution is 14.0. The Labute approximate surface area is 205 Å². The molecule has 4 heterocycles. The lowest BCUT2D eigenvalue weighted by atomic mass is 10.1. The van der Waals surface area contributed by atoms with Crippen LogP contribution in [0.4, 0.5) is 0 Å². The number of rotatable bonds is 6. The lowest BCUT2D eigenvalue weighted by Crippen LogP contribution is -2.48. The standard InChI is InChI=1S/C21H32N6O2S.HI/c1-3-22-21(27-8-11-29-19(16-27)17-13-24-25(2)15-17)23-14-18(20-5-4-12-30-20)26-6-9-28-10-7-26;/h4-5,12-13,15,18-19H,3,6-11,14,16H2,1-2H3,(H,22,23);1H. The van der Waals surface area contributed by atoms with Gasteiger partial charge in [0.1, 0.15) is 6.10 Å². The number of hydrogen-bond donors (Lipinski definition) is 1. The molecular formula is C21H33IN6O2S. The predicted octanol–water partition coefficient (Wildman–Crippen LogP) is 2.51. The van der Waals surface area contributed by atoms with Crippen molar-refractivity contribution in [3.8, 4) is 0 Å². The van der Waals surface area contributed by atoms with Gasteiger partial charge in [-0.25, -0.2) is 0 Å². The van der Waals surface area contributed by atoms with Crippen LogP contribution in [-0.4, -0.2) is 84.6 Å². The molecule has 2 atom stereocenters. The Kier molecular flexibility index (Phi) is 9.57. The molecule has 0 radical (unpaired) electrons. The Balaban J connectivity index is 0.00000272. The molecular weight excluding hydrogens is 527 g/mol. The third-order valence-corrected chi connectivity index (χ3v) is 6.54. The van der Waals surface area contributed by atoms with E-state index >= 15 is 0 Å². The topological polar surface area (TPSA) is 67.2 Å². The summed E-state index contributed by atoms with van der Waals surface area (Å²) in [6, 6.07) is 4.64. The van der Waals surface area contributed by atoms with Crippen LogP contribution in [-0.2, 0) is 16.5 Å². The molecule has 10 heteroatoms. The van der Waals surface area contributed by atoms with Gasteiger partial charge in [-0.15, -0.1) is 35.3 Å². The number of nitrogens with one attached hydrogen (secondary N) is 1. The van der Waals surface area contributed by atoms with E-state index < -0.39 is 0 Å². The highest BCUT2D eigenvalue weighted by Crippen LogP contribution is 2.27. The highest BCUT2D eigenvalue weighted by atomic mass is 127. The van der Waals surface area contributed by atoms with E-state index in [9.17, 15) is 0 Å². The predicted molar refractivity (Wildman–Crippen MR) is 134 cm³/mol. The van der Waals surface area contributed by atoms with E-state index in [4.69, 9.17) is 14.5 Å². The fourth-order valence-electron chi connectivity index (χ4n) is 4.00. The Morgan fingerprint density at radius 1 is 1.32 bits per heavy atom. The number of hydrogen-bond acceptors (Lipinski definition) is 6. The molecule has 172 valence electrons. The minimum atomic E-state index is 0. The Bertz CT molecular complexity index is 809. The SMILES string of the molecule is CCNC(=NCC(c1cccs1)N1CCOCC1)N1CCOC(c2cnn(C)c2)C1.I. The first-order valence-electron chi connectivity index (χ1n) is 10.7. The van der Waals surface area contributed by atoms with E-state index in [-0.39, 0.29) is 36.1 Å². The minimum absolute atomic E-state index is 0. The number of nitrogens with zero attached hydrogens (tertiary/aromatic N) is 5. The van der Waals surface area contributed by atoms with Crippen LogP contribution in [0, 0.1) is 0 Å². The average molecular weight is 561 g/mol. The number of thiophene rings is 1. The Morgan fingerprint density at radius 3 is 2.84 bits per heavy atom. The van der Waals surface area contributed by atoms with Crippen molar-refractivity contribution in [1.82, 2.24) is 24.9 Å².